The molecule has 53 heavy (non-hydrogen) atoms. The third-order valence-electron chi connectivity index (χ3n) is 8.68. The van der Waals surface area contributed by atoms with E-state index in [1.54, 1.807) is 23.9 Å². The molecule has 12 nitrogen and oxygen atoms in total. The Bertz CT molecular complexity index is 1810. The lowest BCUT2D eigenvalue weighted by Crippen LogP contribution is -2.61. The number of aryl methyl sites for hydroxylation is 1. The third kappa shape index (κ3) is 11.3. The third-order valence-corrected chi connectivity index (χ3v) is 8.68. The lowest BCUT2D eigenvalue weighted by Gasteiger charge is -2.45. The molecular formula is C41H45N3O9. The summed E-state index contributed by atoms with van der Waals surface area (Å²) >= 11 is 0. The van der Waals surface area contributed by atoms with Crippen LogP contribution in [0.4, 0.5) is 0 Å². The van der Waals surface area contributed by atoms with Crippen molar-refractivity contribution in [2.75, 3.05) is 20.3 Å². The Hall–Kier alpha value is -4.95. The maximum absolute atomic E-state index is 11.2. The van der Waals surface area contributed by atoms with Crippen LogP contribution in [-0.2, 0) is 61.4 Å². The van der Waals surface area contributed by atoms with Crippen LogP contribution in [0.15, 0.2) is 121 Å². The molecule has 0 saturated carbocycles. The van der Waals surface area contributed by atoms with Gasteiger partial charge in [-0.25, -0.2) is 4.79 Å². The highest BCUT2D eigenvalue weighted by atomic mass is 16.7. The first-order valence-electron chi connectivity index (χ1n) is 17.6. The molecule has 5 atom stereocenters. The van der Waals surface area contributed by atoms with E-state index in [0.717, 1.165) is 16.7 Å². The molecule has 12 heteroatoms. The van der Waals surface area contributed by atoms with Crippen molar-refractivity contribution in [3.63, 3.8) is 0 Å². The van der Waals surface area contributed by atoms with Crippen LogP contribution in [0.25, 0.3) is 0 Å². The van der Waals surface area contributed by atoms with Gasteiger partial charge < -0.3 is 38.3 Å². The first-order chi connectivity index (χ1) is 26.1. The van der Waals surface area contributed by atoms with E-state index < -0.39 is 36.7 Å². The molecule has 1 saturated heterocycles. The minimum absolute atomic E-state index is 0.173. The largest absolute Gasteiger partial charge is 0.494 e. The van der Waals surface area contributed by atoms with Gasteiger partial charge in [-0.05, 0) is 34.9 Å². The molecule has 2 heterocycles. The average molecular weight is 724 g/mol. The average Bonchev–Trinajstić information content (AvgIpc) is 3.66. The maximum Gasteiger partial charge on any atom is 0.335 e. The predicted octanol–water partition coefficient (Wildman–Crippen LogP) is 6.09. The van der Waals surface area contributed by atoms with Crippen LogP contribution in [0.3, 0.4) is 0 Å². The van der Waals surface area contributed by atoms with Crippen molar-refractivity contribution in [3.05, 3.63) is 149 Å². The van der Waals surface area contributed by atoms with Crippen LogP contribution in [0.5, 0.6) is 5.75 Å². The highest BCUT2D eigenvalue weighted by Crippen LogP contribution is 2.31. The zero-order valence-electron chi connectivity index (χ0n) is 29.6. The molecule has 1 fully saturated rings. The fraction of sp³-hybridized carbons (Fsp3) is 0.341. The van der Waals surface area contributed by atoms with E-state index in [1.165, 1.54) is 12.1 Å². The Balaban J connectivity index is 1.10. The van der Waals surface area contributed by atoms with Crippen molar-refractivity contribution in [3.8, 4) is 5.75 Å². The SMILES string of the molecule is CO[C@H]1O[C@H](COCc2cn(CCCOc3cccc(C(=O)O)c3)nn2)[C@@H](OCc2ccccc2)[C@H](OCc2ccccc2)[C@H]1OCc1ccccc1. The summed E-state index contributed by atoms with van der Waals surface area (Å²) in [6.07, 6.45) is -0.582. The second-order valence-electron chi connectivity index (χ2n) is 12.6. The van der Waals surface area contributed by atoms with Crippen LogP contribution in [0.2, 0.25) is 0 Å². The number of carboxylic acid groups (broad SMARTS) is 1. The van der Waals surface area contributed by atoms with E-state index >= 15 is 0 Å². The van der Waals surface area contributed by atoms with Crippen LogP contribution in [0, 0.1) is 0 Å². The molecule has 0 spiro atoms. The first kappa shape index (κ1) is 37.8. The Morgan fingerprint density at radius 2 is 1.36 bits per heavy atom. The summed E-state index contributed by atoms with van der Waals surface area (Å²) in [6.45, 7) is 2.34. The van der Waals surface area contributed by atoms with E-state index in [1.807, 2.05) is 97.2 Å². The van der Waals surface area contributed by atoms with E-state index in [4.69, 9.17) is 33.2 Å². The number of hydrogen-bond donors (Lipinski definition) is 1. The van der Waals surface area contributed by atoms with Gasteiger partial charge in [-0.15, -0.1) is 5.10 Å². The molecule has 4 aromatic carbocycles. The standard InChI is InChI=1S/C41H45N3O9/c1-47-41-39(52-27-32-17-9-4-10-18-32)38(51-26-31-15-7-3-8-16-31)37(50-25-30-13-5-2-6-14-30)36(53-41)29-48-28-34-24-44(43-42-34)21-12-22-49-35-20-11-19-33(23-35)40(45)46/h2-11,13-20,23-24,36-39,41H,12,21-22,25-29H2,1H3,(H,45,46)/t36-,37-,38+,39-,41+/m1/s1. The molecule has 0 unspecified atom stereocenters. The summed E-state index contributed by atoms with van der Waals surface area (Å²) in [6, 6.07) is 36.3. The van der Waals surface area contributed by atoms with Crippen LogP contribution in [0.1, 0.15) is 39.2 Å². The highest BCUT2D eigenvalue weighted by molar-refractivity contribution is 5.88. The molecule has 0 aliphatic carbocycles. The van der Waals surface area contributed by atoms with Crippen LogP contribution in [-0.4, -0.2) is 77.1 Å². The van der Waals surface area contributed by atoms with Crippen molar-refractivity contribution in [1.82, 2.24) is 15.0 Å². The normalized spacial score (nSPS) is 19.9. The summed E-state index contributed by atoms with van der Waals surface area (Å²) in [5, 5.41) is 17.7. The van der Waals surface area contributed by atoms with Crippen molar-refractivity contribution < 1.29 is 43.1 Å². The molecule has 278 valence electrons. The van der Waals surface area contributed by atoms with Gasteiger partial charge in [-0.1, -0.05) is 102 Å². The van der Waals surface area contributed by atoms with Gasteiger partial charge in [0.05, 0.1) is 51.4 Å². The number of carbonyl (C=O) groups is 1. The molecule has 0 amide bonds. The van der Waals surface area contributed by atoms with Crippen molar-refractivity contribution >= 4 is 5.97 Å². The zero-order chi connectivity index (χ0) is 36.7. The minimum atomic E-state index is -0.995. The predicted molar refractivity (Wildman–Crippen MR) is 194 cm³/mol. The van der Waals surface area contributed by atoms with Gasteiger partial charge >= 0.3 is 5.97 Å². The number of aromatic carboxylic acids is 1. The molecule has 1 aliphatic heterocycles. The molecule has 0 radical (unpaired) electrons. The number of aromatic nitrogens is 3. The van der Waals surface area contributed by atoms with Crippen LogP contribution >= 0.6 is 0 Å². The second-order valence-corrected chi connectivity index (χ2v) is 12.6. The van der Waals surface area contributed by atoms with Gasteiger partial charge in [-0.2, -0.15) is 0 Å². The fourth-order valence-electron chi connectivity index (χ4n) is 6.00. The number of methoxy groups -OCH3 is 1. The number of rotatable bonds is 20. The number of hydrogen-bond acceptors (Lipinski definition) is 10. The number of ether oxygens (including phenoxy) is 7. The van der Waals surface area contributed by atoms with Gasteiger partial charge in [0, 0.05) is 20.1 Å². The number of carboxylic acids is 1. The molecule has 5 aromatic rings. The summed E-state index contributed by atoms with van der Waals surface area (Å²) < 4.78 is 45.8. The zero-order valence-corrected chi connectivity index (χ0v) is 29.6. The molecule has 1 aromatic heterocycles. The molecule has 1 aliphatic rings. The van der Waals surface area contributed by atoms with Crippen molar-refractivity contribution in [1.29, 1.82) is 0 Å². The summed E-state index contributed by atoms with van der Waals surface area (Å²) in [5.41, 5.74) is 3.89. The second kappa shape index (κ2) is 19.8. The Morgan fingerprint density at radius 3 is 1.96 bits per heavy atom. The Morgan fingerprint density at radius 1 is 0.755 bits per heavy atom. The van der Waals surface area contributed by atoms with Gasteiger partial charge in [-0.3, -0.25) is 4.68 Å². The minimum Gasteiger partial charge on any atom is -0.494 e. The molecule has 1 N–H and O–H groups in total. The van der Waals surface area contributed by atoms with Gasteiger partial charge in [0.15, 0.2) is 6.29 Å². The Labute approximate surface area is 309 Å². The van der Waals surface area contributed by atoms with Crippen molar-refractivity contribution in [2.24, 2.45) is 0 Å². The Kier molecular flexibility index (Phi) is 14.1. The quantitative estimate of drug-likeness (QED) is 0.0936. The number of nitrogens with zero attached hydrogens (tertiary/aromatic N) is 3. The van der Waals surface area contributed by atoms with Crippen LogP contribution < -0.4 is 4.74 Å². The smallest absolute Gasteiger partial charge is 0.335 e. The lowest BCUT2D eigenvalue weighted by atomic mass is 9.97. The van der Waals surface area contributed by atoms with Gasteiger partial charge in [0.1, 0.15) is 35.9 Å². The summed E-state index contributed by atoms with van der Waals surface area (Å²) in [4.78, 5) is 11.2. The summed E-state index contributed by atoms with van der Waals surface area (Å²) in [7, 11) is 1.59. The molecular weight excluding hydrogens is 678 g/mol. The number of benzene rings is 4. The molecule has 6 rings (SSSR count). The highest BCUT2D eigenvalue weighted by Gasteiger charge is 2.48. The summed E-state index contributed by atoms with van der Waals surface area (Å²) in [5.74, 6) is -0.490. The van der Waals surface area contributed by atoms with E-state index in [-0.39, 0.29) is 18.8 Å². The maximum atomic E-state index is 11.2. The van der Waals surface area contributed by atoms with Gasteiger partial charge in [0.25, 0.3) is 0 Å². The van der Waals surface area contributed by atoms with E-state index in [0.29, 0.717) is 50.8 Å². The molecule has 0 bridgehead atoms. The van der Waals surface area contributed by atoms with E-state index in [9.17, 15) is 9.90 Å². The van der Waals surface area contributed by atoms with E-state index in [2.05, 4.69) is 10.3 Å². The topological polar surface area (TPSA) is 133 Å². The lowest BCUT2D eigenvalue weighted by molar-refractivity contribution is -0.323. The van der Waals surface area contributed by atoms with Gasteiger partial charge in [0.2, 0.25) is 0 Å². The van der Waals surface area contributed by atoms with Crippen molar-refractivity contribution in [2.45, 2.75) is 70.1 Å². The monoisotopic (exact) mass is 723 g/mol. The fourth-order valence-corrected chi connectivity index (χ4v) is 6.00. The first-order valence-corrected chi connectivity index (χ1v) is 17.6.